The third kappa shape index (κ3) is 4.70. The molecule has 0 unspecified atom stereocenters. The quantitative estimate of drug-likeness (QED) is 0.787. The van der Waals surface area contributed by atoms with Crippen LogP contribution < -0.4 is 10.2 Å². The molecule has 7 heteroatoms. The molecule has 0 spiro atoms. The van der Waals surface area contributed by atoms with Crippen molar-refractivity contribution >= 4 is 17.6 Å². The third-order valence-electron chi connectivity index (χ3n) is 3.65. The fourth-order valence-corrected chi connectivity index (χ4v) is 2.27. The number of rotatable bonds is 5. The van der Waals surface area contributed by atoms with Crippen molar-refractivity contribution in [3.05, 3.63) is 24.4 Å². The molecule has 7 nitrogen and oxygen atoms in total. The predicted octanol–water partition coefficient (Wildman–Crippen LogP) is -0.592. The summed E-state index contributed by atoms with van der Waals surface area (Å²) in [6, 6.07) is 5.87. The number of anilines is 1. The van der Waals surface area contributed by atoms with E-state index in [1.54, 1.807) is 20.3 Å². The van der Waals surface area contributed by atoms with Gasteiger partial charge in [0.25, 0.3) is 0 Å². The molecule has 2 rings (SSSR count). The number of piperazine rings is 1. The molecule has 0 radical (unpaired) electrons. The summed E-state index contributed by atoms with van der Waals surface area (Å²) >= 11 is 0. The maximum absolute atomic E-state index is 11.8. The lowest BCUT2D eigenvalue weighted by Gasteiger charge is -2.34. The molecular weight excluding hydrogens is 282 g/mol. The van der Waals surface area contributed by atoms with Crippen LogP contribution in [0.4, 0.5) is 5.82 Å². The minimum atomic E-state index is -0.110. The monoisotopic (exact) mass is 305 g/mol. The van der Waals surface area contributed by atoms with Gasteiger partial charge in [-0.05, 0) is 12.1 Å². The first-order chi connectivity index (χ1) is 10.6. The summed E-state index contributed by atoms with van der Waals surface area (Å²) in [4.78, 5) is 33.4. The average molecular weight is 305 g/mol. The third-order valence-corrected chi connectivity index (χ3v) is 3.65. The van der Waals surface area contributed by atoms with Gasteiger partial charge in [0.2, 0.25) is 11.8 Å². The minimum absolute atomic E-state index is 0.0553. The van der Waals surface area contributed by atoms with E-state index in [0.29, 0.717) is 6.54 Å². The van der Waals surface area contributed by atoms with Crippen molar-refractivity contribution in [1.82, 2.24) is 20.1 Å². The molecule has 0 aliphatic carbocycles. The normalized spacial score (nSPS) is 15.5. The van der Waals surface area contributed by atoms with Gasteiger partial charge in [-0.2, -0.15) is 0 Å². The summed E-state index contributed by atoms with van der Waals surface area (Å²) in [6.45, 7) is 3.70. The standard InChI is InChI=1S/C15H23N5O2/c1-18(2)15(22)11-17-14(21)12-19-7-9-20(10-8-19)13-5-3-4-6-16-13/h3-6H,7-12H2,1-2H3,(H,17,21). The molecule has 1 aliphatic heterocycles. The zero-order valence-corrected chi connectivity index (χ0v) is 13.2. The van der Waals surface area contributed by atoms with Crippen LogP contribution in [0.1, 0.15) is 0 Å². The average Bonchev–Trinajstić information content (AvgIpc) is 2.54. The lowest BCUT2D eigenvalue weighted by atomic mass is 10.3. The van der Waals surface area contributed by atoms with Crippen LogP contribution in [0.2, 0.25) is 0 Å². The highest BCUT2D eigenvalue weighted by Gasteiger charge is 2.19. The van der Waals surface area contributed by atoms with Crippen LogP contribution >= 0.6 is 0 Å². The van der Waals surface area contributed by atoms with Crippen molar-refractivity contribution in [1.29, 1.82) is 0 Å². The Morgan fingerprint density at radius 1 is 1.23 bits per heavy atom. The zero-order chi connectivity index (χ0) is 15.9. The first-order valence-electron chi connectivity index (χ1n) is 7.41. The number of carbonyl (C=O) groups excluding carboxylic acids is 2. The molecule has 1 aliphatic rings. The molecule has 0 saturated carbocycles. The Labute approximate surface area is 130 Å². The minimum Gasteiger partial charge on any atom is -0.354 e. The highest BCUT2D eigenvalue weighted by atomic mass is 16.2. The van der Waals surface area contributed by atoms with E-state index >= 15 is 0 Å². The van der Waals surface area contributed by atoms with Gasteiger partial charge in [0, 0.05) is 46.5 Å². The SMILES string of the molecule is CN(C)C(=O)CNC(=O)CN1CCN(c2ccccn2)CC1. The lowest BCUT2D eigenvalue weighted by molar-refractivity contribution is -0.131. The van der Waals surface area contributed by atoms with E-state index in [-0.39, 0.29) is 18.4 Å². The van der Waals surface area contributed by atoms with Gasteiger partial charge in [-0.1, -0.05) is 6.07 Å². The van der Waals surface area contributed by atoms with E-state index in [0.717, 1.165) is 32.0 Å². The molecular formula is C15H23N5O2. The van der Waals surface area contributed by atoms with Crippen LogP contribution in [-0.4, -0.2) is 80.0 Å². The molecule has 2 amide bonds. The molecule has 1 aromatic rings. The molecule has 120 valence electrons. The fraction of sp³-hybridized carbons (Fsp3) is 0.533. The molecule has 0 atom stereocenters. The number of nitrogens with zero attached hydrogens (tertiary/aromatic N) is 4. The molecule has 1 fully saturated rings. The first-order valence-corrected chi connectivity index (χ1v) is 7.41. The van der Waals surface area contributed by atoms with Crippen LogP contribution in [0.25, 0.3) is 0 Å². The summed E-state index contributed by atoms with van der Waals surface area (Å²) in [5, 5.41) is 2.66. The van der Waals surface area contributed by atoms with Gasteiger partial charge in [0.05, 0.1) is 13.1 Å². The van der Waals surface area contributed by atoms with Crippen molar-refractivity contribution in [2.24, 2.45) is 0 Å². The zero-order valence-electron chi connectivity index (χ0n) is 13.2. The summed E-state index contributed by atoms with van der Waals surface area (Å²) in [7, 11) is 3.34. The van der Waals surface area contributed by atoms with Crippen LogP contribution in [0.15, 0.2) is 24.4 Å². The topological polar surface area (TPSA) is 68.8 Å². The van der Waals surface area contributed by atoms with Gasteiger partial charge in [-0.3, -0.25) is 14.5 Å². The number of carbonyl (C=O) groups is 2. The van der Waals surface area contributed by atoms with Gasteiger partial charge in [-0.15, -0.1) is 0 Å². The number of nitrogens with one attached hydrogen (secondary N) is 1. The number of hydrogen-bond donors (Lipinski definition) is 1. The van der Waals surface area contributed by atoms with Crippen LogP contribution in [0.5, 0.6) is 0 Å². The van der Waals surface area contributed by atoms with Crippen LogP contribution in [-0.2, 0) is 9.59 Å². The van der Waals surface area contributed by atoms with Gasteiger partial charge in [0.15, 0.2) is 0 Å². The van der Waals surface area contributed by atoms with Gasteiger partial charge < -0.3 is 15.1 Å². The second-order valence-corrected chi connectivity index (χ2v) is 5.52. The second-order valence-electron chi connectivity index (χ2n) is 5.52. The van der Waals surface area contributed by atoms with Crippen molar-refractivity contribution in [2.45, 2.75) is 0 Å². The summed E-state index contributed by atoms with van der Waals surface area (Å²) in [5.41, 5.74) is 0. The van der Waals surface area contributed by atoms with Crippen LogP contribution in [0.3, 0.4) is 0 Å². The highest BCUT2D eigenvalue weighted by molar-refractivity contribution is 5.85. The fourth-order valence-electron chi connectivity index (χ4n) is 2.27. The van der Waals surface area contributed by atoms with Crippen molar-refractivity contribution in [3.8, 4) is 0 Å². The van der Waals surface area contributed by atoms with E-state index in [4.69, 9.17) is 0 Å². The number of amides is 2. The molecule has 2 heterocycles. The maximum Gasteiger partial charge on any atom is 0.241 e. The predicted molar refractivity (Wildman–Crippen MR) is 84.6 cm³/mol. The van der Waals surface area contributed by atoms with Gasteiger partial charge in [-0.25, -0.2) is 4.98 Å². The Morgan fingerprint density at radius 2 is 1.95 bits per heavy atom. The largest absolute Gasteiger partial charge is 0.354 e. The van der Waals surface area contributed by atoms with Crippen molar-refractivity contribution in [2.75, 3.05) is 58.3 Å². The molecule has 1 aromatic heterocycles. The smallest absolute Gasteiger partial charge is 0.241 e. The van der Waals surface area contributed by atoms with Gasteiger partial charge >= 0.3 is 0 Å². The Bertz CT molecular complexity index is 498. The van der Waals surface area contributed by atoms with Gasteiger partial charge in [0.1, 0.15) is 5.82 Å². The highest BCUT2D eigenvalue weighted by Crippen LogP contribution is 2.12. The Morgan fingerprint density at radius 3 is 2.55 bits per heavy atom. The molecule has 0 aromatic carbocycles. The Kier molecular flexibility index (Phi) is 5.71. The number of likely N-dealkylation sites (N-methyl/N-ethyl adjacent to an activating group) is 1. The summed E-state index contributed by atoms with van der Waals surface area (Å²) in [6.07, 6.45) is 1.79. The summed E-state index contributed by atoms with van der Waals surface area (Å²) in [5.74, 6) is 0.762. The molecule has 1 saturated heterocycles. The Hall–Kier alpha value is -2.15. The first kappa shape index (κ1) is 16.2. The van der Waals surface area contributed by atoms with Crippen molar-refractivity contribution in [3.63, 3.8) is 0 Å². The number of hydrogen-bond acceptors (Lipinski definition) is 5. The summed E-state index contributed by atoms with van der Waals surface area (Å²) < 4.78 is 0. The van der Waals surface area contributed by atoms with E-state index in [1.807, 2.05) is 18.2 Å². The number of aromatic nitrogens is 1. The van der Waals surface area contributed by atoms with Crippen LogP contribution in [0, 0.1) is 0 Å². The van der Waals surface area contributed by atoms with E-state index < -0.39 is 0 Å². The molecule has 1 N–H and O–H groups in total. The number of pyridine rings is 1. The maximum atomic E-state index is 11.8. The van der Waals surface area contributed by atoms with E-state index in [2.05, 4.69) is 20.1 Å². The molecule has 0 bridgehead atoms. The van der Waals surface area contributed by atoms with E-state index in [1.165, 1.54) is 4.90 Å². The second kappa shape index (κ2) is 7.74. The van der Waals surface area contributed by atoms with Crippen molar-refractivity contribution < 1.29 is 9.59 Å². The van der Waals surface area contributed by atoms with E-state index in [9.17, 15) is 9.59 Å². The molecule has 22 heavy (non-hydrogen) atoms. The Balaban J connectivity index is 1.71. The lowest BCUT2D eigenvalue weighted by Crippen LogP contribution is -2.50.